The Hall–Kier alpha value is -2.98. The van der Waals surface area contributed by atoms with E-state index < -0.39 is 28.5 Å². The van der Waals surface area contributed by atoms with E-state index in [1.54, 1.807) is 36.4 Å². The first-order valence-corrected chi connectivity index (χ1v) is 14.0. The molecule has 0 aromatic heterocycles. The van der Waals surface area contributed by atoms with Crippen LogP contribution < -0.4 is 19.1 Å². The summed E-state index contributed by atoms with van der Waals surface area (Å²) < 4.78 is 37.2. The van der Waals surface area contributed by atoms with Crippen LogP contribution in [0.25, 0.3) is 0 Å². The number of halogens is 1. The highest BCUT2D eigenvalue weighted by Gasteiger charge is 2.32. The molecule has 2 aromatic rings. The lowest BCUT2D eigenvalue weighted by Crippen LogP contribution is -2.53. The number of benzene rings is 2. The van der Waals surface area contributed by atoms with Crippen LogP contribution in [0.1, 0.15) is 39.2 Å². The number of nitrogens with one attached hydrogen (secondary N) is 1. The molecule has 36 heavy (non-hydrogen) atoms. The van der Waals surface area contributed by atoms with Crippen molar-refractivity contribution in [1.29, 1.82) is 0 Å². The molecule has 196 valence electrons. The summed E-state index contributed by atoms with van der Waals surface area (Å²) in [4.78, 5) is 28.2. The average Bonchev–Trinajstić information content (AvgIpc) is 3.30. The maximum absolute atomic E-state index is 13.7. The van der Waals surface area contributed by atoms with Crippen molar-refractivity contribution in [2.45, 2.75) is 52.2 Å². The molecule has 0 spiro atoms. The van der Waals surface area contributed by atoms with Crippen molar-refractivity contribution >= 4 is 39.1 Å². The summed E-state index contributed by atoms with van der Waals surface area (Å²) in [6, 6.07) is 10.8. The van der Waals surface area contributed by atoms with Crippen LogP contribution in [0.2, 0.25) is 5.02 Å². The molecule has 1 N–H and O–H groups in total. The summed E-state index contributed by atoms with van der Waals surface area (Å²) in [5.74, 6) is 0.0870. The number of fused-ring (bicyclic) bond motifs is 1. The van der Waals surface area contributed by atoms with Gasteiger partial charge in [-0.05, 0) is 49.6 Å². The summed E-state index contributed by atoms with van der Waals surface area (Å²) in [7, 11) is -3.85. The Bertz CT molecular complexity index is 1190. The maximum Gasteiger partial charge on any atom is 0.244 e. The van der Waals surface area contributed by atoms with Gasteiger partial charge in [0.1, 0.15) is 12.6 Å². The Balaban J connectivity index is 1.94. The van der Waals surface area contributed by atoms with E-state index in [9.17, 15) is 18.0 Å². The van der Waals surface area contributed by atoms with Gasteiger partial charge in [-0.3, -0.25) is 13.9 Å². The van der Waals surface area contributed by atoms with Crippen molar-refractivity contribution in [1.82, 2.24) is 10.2 Å². The molecule has 0 saturated heterocycles. The highest BCUT2D eigenvalue weighted by molar-refractivity contribution is 7.92. The molecule has 2 amide bonds. The fourth-order valence-corrected chi connectivity index (χ4v) is 4.77. The van der Waals surface area contributed by atoms with Crippen LogP contribution >= 0.6 is 11.6 Å². The van der Waals surface area contributed by atoms with Gasteiger partial charge >= 0.3 is 0 Å². The Morgan fingerprint density at radius 3 is 2.33 bits per heavy atom. The molecule has 0 aliphatic carbocycles. The van der Waals surface area contributed by atoms with Gasteiger partial charge in [0.25, 0.3) is 0 Å². The molecule has 2 aromatic carbocycles. The molecular weight excluding hydrogens is 506 g/mol. The summed E-state index contributed by atoms with van der Waals surface area (Å²) in [5, 5.41) is 3.48. The third-order valence-electron chi connectivity index (χ3n) is 5.98. The third-order valence-corrected chi connectivity index (χ3v) is 7.37. The van der Waals surface area contributed by atoms with Gasteiger partial charge in [-0.25, -0.2) is 8.42 Å². The van der Waals surface area contributed by atoms with Gasteiger partial charge in [-0.15, -0.1) is 0 Å². The number of hydrogen-bond acceptors (Lipinski definition) is 6. The summed E-state index contributed by atoms with van der Waals surface area (Å²) in [6.07, 6.45) is 2.12. The SMILES string of the molecule is CC[C@@H](C)NC(=O)[C@@H](CC)N(Cc1ccc(Cl)cc1)C(=O)CN(c1ccc2c(c1)OCO2)S(C)(=O)=O. The summed E-state index contributed by atoms with van der Waals surface area (Å²) in [5.41, 5.74) is 1.02. The maximum atomic E-state index is 13.7. The van der Waals surface area contributed by atoms with Crippen molar-refractivity contribution in [3.05, 3.63) is 53.1 Å². The Labute approximate surface area is 217 Å². The van der Waals surface area contributed by atoms with Crippen molar-refractivity contribution in [2.24, 2.45) is 0 Å². The zero-order valence-corrected chi connectivity index (χ0v) is 22.4. The van der Waals surface area contributed by atoms with Crippen LogP contribution in [0, 0.1) is 0 Å². The Kier molecular flexibility index (Phi) is 9.08. The number of hydrogen-bond donors (Lipinski definition) is 1. The largest absolute Gasteiger partial charge is 0.454 e. The first-order chi connectivity index (χ1) is 17.0. The average molecular weight is 538 g/mol. The van der Waals surface area contributed by atoms with E-state index in [1.165, 1.54) is 11.0 Å². The molecule has 1 aliphatic heterocycles. The molecule has 3 rings (SSSR count). The number of rotatable bonds is 11. The van der Waals surface area contributed by atoms with E-state index in [0.29, 0.717) is 22.9 Å². The summed E-state index contributed by atoms with van der Waals surface area (Å²) in [6.45, 7) is 5.32. The molecule has 0 saturated carbocycles. The normalized spacial score (nSPS) is 14.1. The number of carbonyl (C=O) groups excluding carboxylic acids is 2. The monoisotopic (exact) mass is 537 g/mol. The fourth-order valence-electron chi connectivity index (χ4n) is 3.80. The van der Waals surface area contributed by atoms with E-state index in [0.717, 1.165) is 22.5 Å². The van der Waals surface area contributed by atoms with Crippen LogP contribution in [-0.4, -0.2) is 56.8 Å². The van der Waals surface area contributed by atoms with Crippen LogP contribution in [0.15, 0.2) is 42.5 Å². The lowest BCUT2D eigenvalue weighted by atomic mass is 10.1. The zero-order valence-electron chi connectivity index (χ0n) is 20.9. The molecule has 0 unspecified atom stereocenters. The first-order valence-electron chi connectivity index (χ1n) is 11.7. The molecule has 2 atom stereocenters. The lowest BCUT2D eigenvalue weighted by molar-refractivity contribution is -0.140. The van der Waals surface area contributed by atoms with Gasteiger partial charge in [-0.1, -0.05) is 37.6 Å². The number of amides is 2. The van der Waals surface area contributed by atoms with Gasteiger partial charge in [0.2, 0.25) is 28.6 Å². The zero-order chi connectivity index (χ0) is 26.5. The van der Waals surface area contributed by atoms with Crippen molar-refractivity contribution < 1.29 is 27.5 Å². The second-order valence-electron chi connectivity index (χ2n) is 8.70. The van der Waals surface area contributed by atoms with Gasteiger partial charge in [0.15, 0.2) is 11.5 Å². The van der Waals surface area contributed by atoms with Gasteiger partial charge in [-0.2, -0.15) is 0 Å². The third kappa shape index (κ3) is 6.82. The minimum Gasteiger partial charge on any atom is -0.454 e. The Morgan fingerprint density at radius 1 is 1.06 bits per heavy atom. The Morgan fingerprint density at radius 2 is 1.72 bits per heavy atom. The molecule has 11 heteroatoms. The van der Waals surface area contributed by atoms with Crippen molar-refractivity contribution in [3.8, 4) is 11.5 Å². The van der Waals surface area contributed by atoms with Crippen LogP contribution in [-0.2, 0) is 26.2 Å². The number of anilines is 1. The molecule has 9 nitrogen and oxygen atoms in total. The number of nitrogens with zero attached hydrogens (tertiary/aromatic N) is 2. The topological polar surface area (TPSA) is 105 Å². The van der Waals surface area contributed by atoms with Crippen LogP contribution in [0.5, 0.6) is 11.5 Å². The van der Waals surface area contributed by atoms with Crippen LogP contribution in [0.3, 0.4) is 0 Å². The molecule has 0 bridgehead atoms. The van der Waals surface area contributed by atoms with Gasteiger partial charge < -0.3 is 19.7 Å². The lowest BCUT2D eigenvalue weighted by Gasteiger charge is -2.33. The predicted octanol–water partition coefficient (Wildman–Crippen LogP) is 3.56. The minimum atomic E-state index is -3.85. The quantitative estimate of drug-likeness (QED) is 0.470. The van der Waals surface area contributed by atoms with Gasteiger partial charge in [0.05, 0.1) is 11.9 Å². The van der Waals surface area contributed by atoms with Gasteiger partial charge in [0, 0.05) is 23.7 Å². The highest BCUT2D eigenvalue weighted by atomic mass is 35.5. The van der Waals surface area contributed by atoms with Crippen molar-refractivity contribution in [3.63, 3.8) is 0 Å². The van der Waals surface area contributed by atoms with E-state index in [4.69, 9.17) is 21.1 Å². The minimum absolute atomic E-state index is 0.0366. The highest BCUT2D eigenvalue weighted by Crippen LogP contribution is 2.36. The second-order valence-corrected chi connectivity index (χ2v) is 11.0. The molecule has 1 heterocycles. The smallest absolute Gasteiger partial charge is 0.244 e. The van der Waals surface area contributed by atoms with E-state index in [-0.39, 0.29) is 31.0 Å². The second kappa shape index (κ2) is 11.8. The standard InChI is InChI=1S/C25H32ClN3O6S/c1-5-17(3)27-25(31)21(6-2)28(14-18-7-9-19(26)10-8-18)24(30)15-29(36(4,32)33)20-11-12-22-23(13-20)35-16-34-22/h7-13,17,21H,5-6,14-16H2,1-4H3,(H,27,31)/t17-,21-/m1/s1. The van der Waals surface area contributed by atoms with Crippen molar-refractivity contribution in [2.75, 3.05) is 23.9 Å². The van der Waals surface area contributed by atoms with E-state index in [2.05, 4.69) is 5.32 Å². The van der Waals surface area contributed by atoms with E-state index >= 15 is 0 Å². The molecular formula is C25H32ClN3O6S. The number of ether oxygens (including phenoxy) is 2. The molecule has 0 fully saturated rings. The van der Waals surface area contributed by atoms with Crippen LogP contribution in [0.4, 0.5) is 5.69 Å². The number of sulfonamides is 1. The molecule has 1 aliphatic rings. The summed E-state index contributed by atoms with van der Waals surface area (Å²) >= 11 is 6.01. The van der Waals surface area contributed by atoms with E-state index in [1.807, 2.05) is 20.8 Å². The fraction of sp³-hybridized carbons (Fsp3) is 0.440. The number of carbonyl (C=O) groups is 2. The molecule has 0 radical (unpaired) electrons. The first kappa shape index (κ1) is 27.6. The predicted molar refractivity (Wildman–Crippen MR) is 139 cm³/mol.